The summed E-state index contributed by atoms with van der Waals surface area (Å²) in [7, 11) is 1.50. The van der Waals surface area contributed by atoms with E-state index in [-0.39, 0.29) is 0 Å². The Hall–Kier alpha value is -2.08. The number of carbonyl (C=O) groups excluding carboxylic acids is 1. The van der Waals surface area contributed by atoms with Gasteiger partial charge in [0.1, 0.15) is 11.9 Å². The maximum absolute atomic E-state index is 11.3. The average molecular weight is 267 g/mol. The third-order valence-electron chi connectivity index (χ3n) is 2.86. The van der Waals surface area contributed by atoms with Gasteiger partial charge in [-0.2, -0.15) is 0 Å². The van der Waals surface area contributed by atoms with Crippen molar-refractivity contribution in [3.63, 3.8) is 0 Å². The Balaban J connectivity index is 3.08. The summed E-state index contributed by atoms with van der Waals surface area (Å²) in [4.78, 5) is 22.4. The molecule has 0 aliphatic carbocycles. The Bertz CT molecular complexity index is 470. The van der Waals surface area contributed by atoms with E-state index in [0.717, 1.165) is 0 Å². The first-order chi connectivity index (χ1) is 8.81. The van der Waals surface area contributed by atoms with E-state index in [1.165, 1.54) is 21.0 Å². The van der Waals surface area contributed by atoms with Gasteiger partial charge in [0.05, 0.1) is 7.11 Å². The summed E-state index contributed by atoms with van der Waals surface area (Å²) >= 11 is 0. The summed E-state index contributed by atoms with van der Waals surface area (Å²) in [6.45, 7) is 2.45. The Morgan fingerprint density at radius 1 is 1.32 bits per heavy atom. The van der Waals surface area contributed by atoms with Crippen LogP contribution in [-0.2, 0) is 9.59 Å². The van der Waals surface area contributed by atoms with Crippen LogP contribution in [0.5, 0.6) is 5.75 Å². The monoisotopic (exact) mass is 267 g/mol. The lowest BCUT2D eigenvalue weighted by molar-refractivity contribution is -0.152. The first-order valence-electron chi connectivity index (χ1n) is 5.65. The number of aliphatic carboxylic acids is 1. The number of aliphatic hydroxyl groups excluding tert-OH is 1. The van der Waals surface area contributed by atoms with Crippen molar-refractivity contribution in [2.75, 3.05) is 7.11 Å². The number of carboxylic acid groups (broad SMARTS) is 1. The molecule has 2 atom stereocenters. The van der Waals surface area contributed by atoms with Crippen LogP contribution in [0.4, 0.5) is 0 Å². The number of rotatable bonds is 5. The fourth-order valence-electron chi connectivity index (χ4n) is 1.72. The topological polar surface area (TPSA) is 95.9 Å². The molecular weight excluding hydrogens is 250 g/mol. The Morgan fingerprint density at radius 3 is 2.21 bits per heavy atom. The molecule has 0 spiro atoms. The molecule has 6 heteroatoms. The van der Waals surface area contributed by atoms with E-state index in [4.69, 9.17) is 4.74 Å². The molecule has 1 aromatic rings. The quantitative estimate of drug-likeness (QED) is 0.730. The molecule has 6 nitrogen and oxygen atoms in total. The van der Waals surface area contributed by atoms with Crippen LogP contribution in [0.2, 0.25) is 0 Å². The third-order valence-corrected chi connectivity index (χ3v) is 2.86. The number of hydrogen-bond acceptors (Lipinski definition) is 4. The lowest BCUT2D eigenvalue weighted by atomic mass is 9.89. The zero-order valence-electron chi connectivity index (χ0n) is 11.0. The molecule has 0 saturated heterocycles. The number of methoxy groups -OCH3 is 1. The van der Waals surface area contributed by atoms with Gasteiger partial charge in [0.2, 0.25) is 5.91 Å². The maximum Gasteiger partial charge on any atom is 0.332 e. The Morgan fingerprint density at radius 2 is 1.84 bits per heavy atom. The van der Waals surface area contributed by atoms with Crippen LogP contribution in [0, 0.1) is 0 Å². The molecular formula is C13H17NO5. The number of nitrogens with one attached hydrogen (secondary N) is 1. The van der Waals surface area contributed by atoms with E-state index in [1.807, 2.05) is 0 Å². The Kier molecular flexibility index (Phi) is 4.50. The van der Waals surface area contributed by atoms with Crippen molar-refractivity contribution in [2.45, 2.75) is 25.5 Å². The predicted molar refractivity (Wildman–Crippen MR) is 67.8 cm³/mol. The van der Waals surface area contributed by atoms with Crippen molar-refractivity contribution in [3.05, 3.63) is 29.8 Å². The molecule has 1 amide bonds. The second kappa shape index (κ2) is 5.71. The SMILES string of the molecule is COc1ccc(C(O)C(C)(NC(C)=O)C(=O)O)cc1. The second-order valence-corrected chi connectivity index (χ2v) is 4.36. The summed E-state index contributed by atoms with van der Waals surface area (Å²) in [5.74, 6) is -1.25. The van der Waals surface area contributed by atoms with Crippen molar-refractivity contribution in [1.82, 2.24) is 5.32 Å². The van der Waals surface area contributed by atoms with Crippen LogP contribution in [0.15, 0.2) is 24.3 Å². The summed E-state index contributed by atoms with van der Waals surface area (Å²) in [6.07, 6.45) is -1.38. The van der Waals surface area contributed by atoms with Crippen LogP contribution in [-0.4, -0.2) is 34.7 Å². The molecule has 0 aliphatic rings. The van der Waals surface area contributed by atoms with Gasteiger partial charge in [-0.05, 0) is 24.6 Å². The molecule has 1 aromatic carbocycles. The van der Waals surface area contributed by atoms with Gasteiger partial charge in [-0.1, -0.05) is 12.1 Å². The normalized spacial score (nSPS) is 15.2. The number of carbonyl (C=O) groups is 2. The maximum atomic E-state index is 11.3. The van der Waals surface area contributed by atoms with Gasteiger partial charge < -0.3 is 20.3 Å². The molecule has 0 saturated carbocycles. The van der Waals surface area contributed by atoms with E-state index in [9.17, 15) is 19.8 Å². The second-order valence-electron chi connectivity index (χ2n) is 4.36. The lowest BCUT2D eigenvalue weighted by Crippen LogP contribution is -2.55. The van der Waals surface area contributed by atoms with Gasteiger partial charge in [-0.25, -0.2) is 4.79 Å². The van der Waals surface area contributed by atoms with Crippen molar-refractivity contribution >= 4 is 11.9 Å². The van der Waals surface area contributed by atoms with Gasteiger partial charge in [0.15, 0.2) is 5.54 Å². The van der Waals surface area contributed by atoms with Crippen molar-refractivity contribution in [3.8, 4) is 5.75 Å². The highest BCUT2D eigenvalue weighted by Gasteiger charge is 2.42. The van der Waals surface area contributed by atoms with Gasteiger partial charge in [-0.15, -0.1) is 0 Å². The molecule has 0 aromatic heterocycles. The summed E-state index contributed by atoms with van der Waals surface area (Å²) in [5.41, 5.74) is -1.42. The summed E-state index contributed by atoms with van der Waals surface area (Å²) in [5, 5.41) is 21.7. The number of aliphatic hydroxyl groups is 1. The lowest BCUT2D eigenvalue weighted by Gasteiger charge is -2.31. The molecule has 0 bridgehead atoms. The molecule has 1 rings (SSSR count). The minimum Gasteiger partial charge on any atom is -0.497 e. The standard InChI is InChI=1S/C13H17NO5/c1-8(15)14-13(2,12(17)18)11(16)9-4-6-10(19-3)7-5-9/h4-7,11,16H,1-3H3,(H,14,15)(H,17,18). The smallest absolute Gasteiger partial charge is 0.332 e. The highest BCUT2D eigenvalue weighted by atomic mass is 16.5. The first-order valence-corrected chi connectivity index (χ1v) is 5.65. The fourth-order valence-corrected chi connectivity index (χ4v) is 1.72. The van der Waals surface area contributed by atoms with Crippen LogP contribution in [0.25, 0.3) is 0 Å². The number of benzene rings is 1. The first kappa shape index (κ1) is 15.0. The fraction of sp³-hybridized carbons (Fsp3) is 0.385. The van der Waals surface area contributed by atoms with Crippen molar-refractivity contribution < 1.29 is 24.5 Å². The minimum absolute atomic E-state index is 0.374. The van der Waals surface area contributed by atoms with Gasteiger partial charge in [0.25, 0.3) is 0 Å². The van der Waals surface area contributed by atoms with Crippen LogP contribution in [0.3, 0.4) is 0 Å². The van der Waals surface area contributed by atoms with E-state index in [2.05, 4.69) is 5.32 Å². The molecule has 19 heavy (non-hydrogen) atoms. The van der Waals surface area contributed by atoms with Gasteiger partial charge in [0, 0.05) is 6.92 Å². The van der Waals surface area contributed by atoms with Crippen LogP contribution in [0.1, 0.15) is 25.5 Å². The van der Waals surface area contributed by atoms with E-state index in [0.29, 0.717) is 11.3 Å². The summed E-state index contributed by atoms with van der Waals surface area (Å²) in [6, 6.07) is 6.31. The zero-order valence-corrected chi connectivity index (χ0v) is 11.0. The molecule has 0 fully saturated rings. The third kappa shape index (κ3) is 3.23. The largest absolute Gasteiger partial charge is 0.497 e. The predicted octanol–water partition coefficient (Wildman–Crippen LogP) is 0.708. The highest BCUT2D eigenvalue weighted by Crippen LogP contribution is 2.27. The van der Waals surface area contributed by atoms with Crippen molar-refractivity contribution in [1.29, 1.82) is 0 Å². The van der Waals surface area contributed by atoms with Gasteiger partial charge >= 0.3 is 5.97 Å². The number of amides is 1. The van der Waals surface area contributed by atoms with Crippen molar-refractivity contribution in [2.24, 2.45) is 0 Å². The van der Waals surface area contributed by atoms with Gasteiger partial charge in [-0.3, -0.25) is 4.79 Å². The Labute approximate surface area is 111 Å². The number of ether oxygens (including phenoxy) is 1. The highest BCUT2D eigenvalue weighted by molar-refractivity contribution is 5.86. The molecule has 0 heterocycles. The molecule has 104 valence electrons. The zero-order chi connectivity index (χ0) is 14.6. The van der Waals surface area contributed by atoms with E-state index in [1.54, 1.807) is 24.3 Å². The molecule has 2 unspecified atom stereocenters. The van der Waals surface area contributed by atoms with E-state index >= 15 is 0 Å². The molecule has 3 N–H and O–H groups in total. The molecule has 0 radical (unpaired) electrons. The number of carboxylic acids is 1. The van der Waals surface area contributed by atoms with Crippen LogP contribution >= 0.6 is 0 Å². The average Bonchev–Trinajstić information content (AvgIpc) is 2.36. The van der Waals surface area contributed by atoms with Crippen LogP contribution < -0.4 is 10.1 Å². The minimum atomic E-state index is -1.79. The molecule has 0 aliphatic heterocycles. The number of hydrogen-bond donors (Lipinski definition) is 3. The summed E-state index contributed by atoms with van der Waals surface area (Å²) < 4.78 is 4.98. The van der Waals surface area contributed by atoms with E-state index < -0.39 is 23.5 Å².